The van der Waals surface area contributed by atoms with Crippen molar-refractivity contribution in [1.29, 1.82) is 0 Å². The average Bonchev–Trinajstić information content (AvgIpc) is 3.12. The highest BCUT2D eigenvalue weighted by molar-refractivity contribution is 5.43. The van der Waals surface area contributed by atoms with E-state index in [4.69, 9.17) is 15.2 Å². The molecule has 0 saturated carbocycles. The molecule has 98 valence electrons. The molecule has 1 aliphatic heterocycles. The molecule has 1 saturated heterocycles. The lowest BCUT2D eigenvalue weighted by molar-refractivity contribution is 0.260. The van der Waals surface area contributed by atoms with E-state index in [0.717, 1.165) is 25.2 Å². The summed E-state index contributed by atoms with van der Waals surface area (Å²) >= 11 is 0. The van der Waals surface area contributed by atoms with E-state index in [-0.39, 0.29) is 0 Å². The highest BCUT2D eigenvalue weighted by Crippen LogP contribution is 2.26. The third kappa shape index (κ3) is 3.50. The van der Waals surface area contributed by atoms with Crippen molar-refractivity contribution in [3.8, 4) is 5.75 Å². The Morgan fingerprint density at radius 2 is 2.06 bits per heavy atom. The Bertz CT molecular complexity index is 413. The Hall–Kier alpha value is -1.48. The minimum absolute atomic E-state index is 0.304. The monoisotopic (exact) mass is 247 g/mol. The second kappa shape index (κ2) is 5.91. The van der Waals surface area contributed by atoms with Crippen molar-refractivity contribution in [3.05, 3.63) is 41.1 Å². The number of rotatable bonds is 6. The summed E-state index contributed by atoms with van der Waals surface area (Å²) in [6.45, 7) is 5.69. The lowest BCUT2D eigenvalue weighted by atomic mass is 10.0. The number of benzene rings is 1. The van der Waals surface area contributed by atoms with Gasteiger partial charge >= 0.3 is 0 Å². The van der Waals surface area contributed by atoms with E-state index in [1.54, 1.807) is 6.20 Å². The normalized spacial score (nSPS) is 18.2. The minimum Gasteiger partial charge on any atom is -0.490 e. The second-order valence-electron chi connectivity index (χ2n) is 4.79. The number of allylic oxidation sites excluding steroid dienone is 1. The van der Waals surface area contributed by atoms with Gasteiger partial charge in [0.2, 0.25) is 0 Å². The quantitative estimate of drug-likeness (QED) is 0.786. The van der Waals surface area contributed by atoms with Crippen molar-refractivity contribution in [1.82, 2.24) is 0 Å². The summed E-state index contributed by atoms with van der Waals surface area (Å²) in [6, 6.07) is 4.39. The molecule has 1 heterocycles. The van der Waals surface area contributed by atoms with Crippen LogP contribution >= 0.6 is 0 Å². The van der Waals surface area contributed by atoms with Crippen LogP contribution in [0.1, 0.15) is 23.1 Å². The number of hydrogen-bond acceptors (Lipinski definition) is 3. The number of nitrogens with two attached hydrogens (primary N) is 1. The number of hydrogen-bond donors (Lipinski definition) is 1. The predicted octanol–water partition coefficient (Wildman–Crippen LogP) is 2.49. The Morgan fingerprint density at radius 1 is 1.39 bits per heavy atom. The first-order valence-electron chi connectivity index (χ1n) is 6.42. The summed E-state index contributed by atoms with van der Waals surface area (Å²) in [5.74, 6) is 1.00. The lowest BCUT2D eigenvalue weighted by Gasteiger charge is -2.13. The molecule has 0 aliphatic carbocycles. The Balaban J connectivity index is 2.02. The maximum absolute atomic E-state index is 5.81. The first-order chi connectivity index (χ1) is 8.70. The SMILES string of the molecule is Cc1cc(CCC=CN)cc(C)c1OCC1CO1. The van der Waals surface area contributed by atoms with Crippen molar-refractivity contribution in [3.63, 3.8) is 0 Å². The summed E-state index contributed by atoms with van der Waals surface area (Å²) in [7, 11) is 0. The van der Waals surface area contributed by atoms with Crippen molar-refractivity contribution >= 4 is 0 Å². The predicted molar refractivity (Wildman–Crippen MR) is 72.8 cm³/mol. The van der Waals surface area contributed by atoms with Gasteiger partial charge in [0.1, 0.15) is 18.5 Å². The van der Waals surface area contributed by atoms with Gasteiger partial charge < -0.3 is 15.2 Å². The minimum atomic E-state index is 0.304. The van der Waals surface area contributed by atoms with Crippen molar-refractivity contribution < 1.29 is 9.47 Å². The third-order valence-electron chi connectivity index (χ3n) is 3.07. The fraction of sp³-hybridized carbons (Fsp3) is 0.467. The standard InChI is InChI=1S/C15H21NO2/c1-11-7-13(5-3-4-6-16)8-12(2)15(11)18-10-14-9-17-14/h4,6-8,14H,3,5,9-10,16H2,1-2H3. The summed E-state index contributed by atoms with van der Waals surface area (Å²) in [5, 5.41) is 0. The fourth-order valence-corrected chi connectivity index (χ4v) is 2.10. The molecule has 0 amide bonds. The smallest absolute Gasteiger partial charge is 0.125 e. The van der Waals surface area contributed by atoms with Crippen LogP contribution in [-0.4, -0.2) is 19.3 Å². The first-order valence-corrected chi connectivity index (χ1v) is 6.42. The Labute approximate surface area is 109 Å². The molecule has 2 rings (SSSR count). The Morgan fingerprint density at radius 3 is 2.61 bits per heavy atom. The molecule has 1 fully saturated rings. The van der Waals surface area contributed by atoms with Crippen LogP contribution in [0.25, 0.3) is 0 Å². The molecule has 2 N–H and O–H groups in total. The van der Waals surface area contributed by atoms with Crippen molar-refractivity contribution in [2.75, 3.05) is 13.2 Å². The molecule has 18 heavy (non-hydrogen) atoms. The van der Waals surface area contributed by atoms with Gasteiger partial charge in [-0.1, -0.05) is 18.2 Å². The van der Waals surface area contributed by atoms with Crippen LogP contribution in [0.15, 0.2) is 24.4 Å². The molecule has 0 radical (unpaired) electrons. The number of epoxide rings is 1. The average molecular weight is 247 g/mol. The van der Waals surface area contributed by atoms with E-state index < -0.39 is 0 Å². The summed E-state index contributed by atoms with van der Waals surface area (Å²) in [5.41, 5.74) is 9.06. The van der Waals surface area contributed by atoms with Crippen LogP contribution in [0.3, 0.4) is 0 Å². The Kier molecular flexibility index (Phi) is 4.26. The topological polar surface area (TPSA) is 47.8 Å². The van der Waals surface area contributed by atoms with Crippen LogP contribution in [0, 0.1) is 13.8 Å². The maximum Gasteiger partial charge on any atom is 0.125 e. The lowest BCUT2D eigenvalue weighted by Crippen LogP contribution is -2.06. The maximum atomic E-state index is 5.81. The largest absolute Gasteiger partial charge is 0.490 e. The molecule has 1 aromatic carbocycles. The van der Waals surface area contributed by atoms with Gasteiger partial charge in [-0.05, 0) is 49.6 Å². The molecule has 3 nitrogen and oxygen atoms in total. The van der Waals surface area contributed by atoms with E-state index in [2.05, 4.69) is 26.0 Å². The van der Waals surface area contributed by atoms with Gasteiger partial charge in [0.15, 0.2) is 0 Å². The van der Waals surface area contributed by atoms with Crippen molar-refractivity contribution in [2.24, 2.45) is 5.73 Å². The van der Waals surface area contributed by atoms with Crippen LogP contribution in [0.2, 0.25) is 0 Å². The van der Waals surface area contributed by atoms with Gasteiger partial charge in [-0.25, -0.2) is 0 Å². The van der Waals surface area contributed by atoms with E-state index in [9.17, 15) is 0 Å². The highest BCUT2D eigenvalue weighted by atomic mass is 16.6. The summed E-state index contributed by atoms with van der Waals surface area (Å²) in [6.07, 6.45) is 5.89. The van der Waals surface area contributed by atoms with E-state index in [0.29, 0.717) is 12.7 Å². The van der Waals surface area contributed by atoms with Gasteiger partial charge in [-0.15, -0.1) is 0 Å². The van der Waals surface area contributed by atoms with Crippen LogP contribution in [0.5, 0.6) is 5.75 Å². The van der Waals surface area contributed by atoms with Crippen LogP contribution in [0.4, 0.5) is 0 Å². The van der Waals surface area contributed by atoms with E-state index >= 15 is 0 Å². The van der Waals surface area contributed by atoms with Gasteiger partial charge in [-0.2, -0.15) is 0 Å². The molecule has 0 bridgehead atoms. The molecule has 3 heteroatoms. The van der Waals surface area contributed by atoms with Crippen LogP contribution in [-0.2, 0) is 11.2 Å². The van der Waals surface area contributed by atoms with Gasteiger partial charge in [0, 0.05) is 0 Å². The summed E-state index contributed by atoms with van der Waals surface area (Å²) in [4.78, 5) is 0. The molecule has 0 spiro atoms. The van der Waals surface area contributed by atoms with Crippen LogP contribution < -0.4 is 10.5 Å². The van der Waals surface area contributed by atoms with E-state index in [1.807, 2.05) is 6.08 Å². The molecular formula is C15H21NO2. The van der Waals surface area contributed by atoms with Gasteiger partial charge in [0.05, 0.1) is 6.61 Å². The zero-order valence-corrected chi connectivity index (χ0v) is 11.1. The zero-order chi connectivity index (χ0) is 13.0. The summed E-state index contributed by atoms with van der Waals surface area (Å²) < 4.78 is 11.0. The third-order valence-corrected chi connectivity index (χ3v) is 3.07. The first kappa shape index (κ1) is 13.0. The molecule has 1 unspecified atom stereocenters. The molecular weight excluding hydrogens is 226 g/mol. The number of ether oxygens (including phenoxy) is 2. The highest BCUT2D eigenvalue weighted by Gasteiger charge is 2.23. The van der Waals surface area contributed by atoms with E-state index in [1.165, 1.54) is 16.7 Å². The number of aryl methyl sites for hydroxylation is 3. The fourth-order valence-electron chi connectivity index (χ4n) is 2.10. The molecule has 0 aromatic heterocycles. The van der Waals surface area contributed by atoms with Gasteiger partial charge in [0.25, 0.3) is 0 Å². The molecule has 1 aliphatic rings. The van der Waals surface area contributed by atoms with Gasteiger partial charge in [-0.3, -0.25) is 0 Å². The second-order valence-corrected chi connectivity index (χ2v) is 4.79. The van der Waals surface area contributed by atoms with Crippen molar-refractivity contribution in [2.45, 2.75) is 32.8 Å². The zero-order valence-electron chi connectivity index (χ0n) is 11.1. The molecule has 1 aromatic rings. The molecule has 1 atom stereocenters.